The van der Waals surface area contributed by atoms with E-state index in [2.05, 4.69) is 27.7 Å². The molecule has 90 valence electrons. The molecule has 15 heavy (non-hydrogen) atoms. The van der Waals surface area contributed by atoms with Crippen LogP contribution in [0.1, 0.15) is 59.8 Å². The van der Waals surface area contributed by atoms with Gasteiger partial charge in [0.1, 0.15) is 0 Å². The molecule has 0 amide bonds. The van der Waals surface area contributed by atoms with E-state index in [-0.39, 0.29) is 5.41 Å². The number of aliphatic hydroxyl groups is 1. The predicted molar refractivity (Wildman–Crippen MR) is 65.8 cm³/mol. The largest absolute Gasteiger partial charge is 0.396 e. The quantitative estimate of drug-likeness (QED) is 0.750. The third kappa shape index (κ3) is 3.21. The molecule has 1 heteroatoms. The van der Waals surface area contributed by atoms with Gasteiger partial charge in [-0.25, -0.2) is 0 Å². The minimum absolute atomic E-state index is 0.0802. The summed E-state index contributed by atoms with van der Waals surface area (Å²) < 4.78 is 0. The van der Waals surface area contributed by atoms with Crippen molar-refractivity contribution in [2.45, 2.75) is 59.8 Å². The zero-order valence-corrected chi connectivity index (χ0v) is 10.9. The Labute approximate surface area is 95.3 Å². The predicted octanol–water partition coefficient (Wildman–Crippen LogP) is 3.86. The van der Waals surface area contributed by atoms with Crippen molar-refractivity contribution in [3.05, 3.63) is 0 Å². The van der Waals surface area contributed by atoms with Gasteiger partial charge in [0.15, 0.2) is 0 Å². The Balaban J connectivity index is 2.54. The Hall–Kier alpha value is -0.0400. The fourth-order valence-electron chi connectivity index (χ4n) is 2.92. The Bertz CT molecular complexity index is 180. The summed E-state index contributed by atoms with van der Waals surface area (Å²) in [4.78, 5) is 0. The molecule has 1 rings (SSSR count). The average molecular weight is 212 g/mol. The summed E-state index contributed by atoms with van der Waals surface area (Å²) in [6.07, 6.45) is 7.09. The SMILES string of the molecule is C[C@@H](C1CCCCC1)[C@H](C)C(C)(C)CO. The lowest BCUT2D eigenvalue weighted by atomic mass is 9.67. The highest BCUT2D eigenvalue weighted by molar-refractivity contribution is 4.83. The topological polar surface area (TPSA) is 20.2 Å². The van der Waals surface area contributed by atoms with E-state index in [0.717, 1.165) is 11.8 Å². The number of aliphatic hydroxyl groups excluding tert-OH is 1. The molecule has 1 fully saturated rings. The van der Waals surface area contributed by atoms with E-state index in [1.54, 1.807) is 0 Å². The van der Waals surface area contributed by atoms with E-state index in [0.29, 0.717) is 12.5 Å². The van der Waals surface area contributed by atoms with Crippen molar-refractivity contribution < 1.29 is 5.11 Å². The van der Waals surface area contributed by atoms with Gasteiger partial charge in [0.25, 0.3) is 0 Å². The fourth-order valence-corrected chi connectivity index (χ4v) is 2.92. The number of hydrogen-bond donors (Lipinski definition) is 1. The first-order valence-corrected chi connectivity index (χ1v) is 6.60. The van der Waals surface area contributed by atoms with Gasteiger partial charge < -0.3 is 5.11 Å². The van der Waals surface area contributed by atoms with Crippen molar-refractivity contribution >= 4 is 0 Å². The second-order valence-corrected chi connectivity index (χ2v) is 6.19. The van der Waals surface area contributed by atoms with Crippen LogP contribution in [-0.4, -0.2) is 11.7 Å². The van der Waals surface area contributed by atoms with Crippen molar-refractivity contribution in [1.82, 2.24) is 0 Å². The zero-order chi connectivity index (χ0) is 11.5. The second kappa shape index (κ2) is 5.34. The van der Waals surface area contributed by atoms with E-state index >= 15 is 0 Å². The molecule has 0 aromatic rings. The van der Waals surface area contributed by atoms with Crippen molar-refractivity contribution in [3.8, 4) is 0 Å². The zero-order valence-electron chi connectivity index (χ0n) is 10.9. The Morgan fingerprint density at radius 3 is 2.13 bits per heavy atom. The van der Waals surface area contributed by atoms with Crippen LogP contribution in [0.3, 0.4) is 0 Å². The Kier molecular flexibility index (Phi) is 4.64. The highest BCUT2D eigenvalue weighted by Crippen LogP contribution is 2.40. The summed E-state index contributed by atoms with van der Waals surface area (Å²) in [5, 5.41) is 9.41. The van der Waals surface area contributed by atoms with Crippen LogP contribution in [0.15, 0.2) is 0 Å². The molecule has 0 aliphatic heterocycles. The van der Waals surface area contributed by atoms with Crippen LogP contribution >= 0.6 is 0 Å². The third-order valence-corrected chi connectivity index (χ3v) is 4.82. The normalized spacial score (nSPS) is 23.8. The van der Waals surface area contributed by atoms with Crippen molar-refractivity contribution in [2.24, 2.45) is 23.2 Å². The highest BCUT2D eigenvalue weighted by atomic mass is 16.3. The van der Waals surface area contributed by atoms with Crippen molar-refractivity contribution in [1.29, 1.82) is 0 Å². The summed E-state index contributed by atoms with van der Waals surface area (Å²) in [6, 6.07) is 0. The van der Waals surface area contributed by atoms with Gasteiger partial charge in [-0.1, -0.05) is 59.8 Å². The molecule has 1 aliphatic carbocycles. The maximum atomic E-state index is 9.41. The van der Waals surface area contributed by atoms with Crippen molar-refractivity contribution in [2.75, 3.05) is 6.61 Å². The van der Waals surface area contributed by atoms with Gasteiger partial charge in [-0.3, -0.25) is 0 Å². The minimum atomic E-state index is 0.0802. The molecule has 0 saturated heterocycles. The lowest BCUT2D eigenvalue weighted by molar-refractivity contribution is 0.0481. The van der Waals surface area contributed by atoms with Gasteiger partial charge in [0, 0.05) is 6.61 Å². The summed E-state index contributed by atoms with van der Waals surface area (Å²) in [5.74, 6) is 2.28. The van der Waals surface area contributed by atoms with Crippen LogP contribution in [0.2, 0.25) is 0 Å². The molecule has 0 heterocycles. The molecule has 1 saturated carbocycles. The second-order valence-electron chi connectivity index (χ2n) is 6.19. The molecular weight excluding hydrogens is 184 g/mol. The first kappa shape index (κ1) is 13.0. The van der Waals surface area contributed by atoms with Gasteiger partial charge in [-0.2, -0.15) is 0 Å². The van der Waals surface area contributed by atoms with Gasteiger partial charge in [0.05, 0.1) is 0 Å². The standard InChI is InChI=1S/C14H28O/c1-11(12(2)14(3,4)10-15)13-8-6-5-7-9-13/h11-13,15H,5-10H2,1-4H3/t11-,12+/m1/s1. The lowest BCUT2D eigenvalue weighted by Crippen LogP contribution is -2.34. The Morgan fingerprint density at radius 1 is 1.13 bits per heavy atom. The third-order valence-electron chi connectivity index (χ3n) is 4.82. The summed E-state index contributed by atoms with van der Waals surface area (Å²) in [7, 11) is 0. The van der Waals surface area contributed by atoms with E-state index in [1.165, 1.54) is 32.1 Å². The van der Waals surface area contributed by atoms with Crippen LogP contribution in [0.4, 0.5) is 0 Å². The molecule has 1 nitrogen and oxygen atoms in total. The van der Waals surface area contributed by atoms with Crippen LogP contribution in [0, 0.1) is 23.2 Å². The minimum Gasteiger partial charge on any atom is -0.396 e. The van der Waals surface area contributed by atoms with Crippen LogP contribution < -0.4 is 0 Å². The van der Waals surface area contributed by atoms with E-state index in [1.807, 2.05) is 0 Å². The van der Waals surface area contributed by atoms with E-state index < -0.39 is 0 Å². The number of hydrogen-bond acceptors (Lipinski definition) is 1. The average Bonchev–Trinajstić information content (AvgIpc) is 2.28. The van der Waals surface area contributed by atoms with Gasteiger partial charge in [-0.05, 0) is 23.2 Å². The summed E-state index contributed by atoms with van der Waals surface area (Å²) in [6.45, 7) is 9.40. The summed E-state index contributed by atoms with van der Waals surface area (Å²) >= 11 is 0. The first-order chi connectivity index (χ1) is 6.99. The molecule has 0 bridgehead atoms. The molecule has 0 radical (unpaired) electrons. The molecule has 1 N–H and O–H groups in total. The highest BCUT2D eigenvalue weighted by Gasteiger charge is 2.33. The molecule has 0 spiro atoms. The van der Waals surface area contributed by atoms with Gasteiger partial charge >= 0.3 is 0 Å². The maximum Gasteiger partial charge on any atom is 0.0484 e. The van der Waals surface area contributed by atoms with E-state index in [9.17, 15) is 5.11 Å². The molecular formula is C14H28O. The van der Waals surface area contributed by atoms with Crippen LogP contribution in [-0.2, 0) is 0 Å². The van der Waals surface area contributed by atoms with E-state index in [4.69, 9.17) is 0 Å². The molecule has 1 aliphatic rings. The van der Waals surface area contributed by atoms with Crippen LogP contribution in [0.5, 0.6) is 0 Å². The first-order valence-electron chi connectivity index (χ1n) is 6.60. The Morgan fingerprint density at radius 2 is 1.67 bits per heavy atom. The molecule has 0 aromatic heterocycles. The molecule has 0 unspecified atom stereocenters. The van der Waals surface area contributed by atoms with Crippen LogP contribution in [0.25, 0.3) is 0 Å². The van der Waals surface area contributed by atoms with Crippen molar-refractivity contribution in [3.63, 3.8) is 0 Å². The van der Waals surface area contributed by atoms with Gasteiger partial charge in [-0.15, -0.1) is 0 Å². The molecule has 0 aromatic carbocycles. The lowest BCUT2D eigenvalue weighted by Gasteiger charge is -2.39. The smallest absolute Gasteiger partial charge is 0.0484 e. The summed E-state index contributed by atoms with van der Waals surface area (Å²) in [5.41, 5.74) is 0.0802. The molecule has 2 atom stereocenters. The monoisotopic (exact) mass is 212 g/mol. The van der Waals surface area contributed by atoms with Gasteiger partial charge in [0.2, 0.25) is 0 Å². The fraction of sp³-hybridized carbons (Fsp3) is 1.00. The number of rotatable bonds is 4. The maximum absolute atomic E-state index is 9.41.